The highest BCUT2D eigenvalue weighted by atomic mass is 35.5. The van der Waals surface area contributed by atoms with E-state index in [2.05, 4.69) is 5.32 Å². The van der Waals surface area contributed by atoms with Crippen molar-refractivity contribution in [2.45, 2.75) is 18.2 Å². The maximum atomic E-state index is 12.2. The zero-order chi connectivity index (χ0) is 17.3. The van der Waals surface area contributed by atoms with Crippen LogP contribution in [-0.2, 0) is 10.0 Å². The van der Waals surface area contributed by atoms with Crippen LogP contribution < -0.4 is 9.62 Å². The molecule has 2 unspecified atom stereocenters. The van der Waals surface area contributed by atoms with Gasteiger partial charge in [-0.2, -0.15) is 0 Å². The zero-order valence-corrected chi connectivity index (χ0v) is 15.2. The number of rotatable bonds is 4. The predicted molar refractivity (Wildman–Crippen MR) is 96.2 cm³/mol. The predicted octanol–water partition coefficient (Wildman–Crippen LogP) is 2.71. The first-order valence-corrected chi connectivity index (χ1v) is 10.2. The van der Waals surface area contributed by atoms with E-state index in [-0.39, 0.29) is 23.0 Å². The van der Waals surface area contributed by atoms with E-state index in [1.807, 2.05) is 6.08 Å². The van der Waals surface area contributed by atoms with Gasteiger partial charge in [-0.3, -0.25) is 9.10 Å². The number of hydrogen-bond donors (Lipinski definition) is 1. The quantitative estimate of drug-likeness (QED) is 0.806. The molecule has 5 nitrogen and oxygen atoms in total. The van der Waals surface area contributed by atoms with Gasteiger partial charge < -0.3 is 5.32 Å². The van der Waals surface area contributed by atoms with Crippen molar-refractivity contribution in [3.63, 3.8) is 0 Å². The van der Waals surface area contributed by atoms with E-state index in [9.17, 15) is 13.2 Å². The molecule has 8 heteroatoms. The first-order valence-electron chi connectivity index (χ1n) is 7.76. The average molecular weight is 389 g/mol. The Bertz CT molecular complexity index is 762. The summed E-state index contributed by atoms with van der Waals surface area (Å²) in [5.41, 5.74) is 1.08. The molecule has 0 spiro atoms. The van der Waals surface area contributed by atoms with Crippen LogP contribution in [0, 0.1) is 5.92 Å². The van der Waals surface area contributed by atoms with Crippen molar-refractivity contribution in [1.29, 1.82) is 0 Å². The number of allylic oxidation sites excluding steroid dienone is 2. The summed E-state index contributed by atoms with van der Waals surface area (Å²) < 4.78 is 24.5. The molecule has 0 aromatic heterocycles. The van der Waals surface area contributed by atoms with Crippen LogP contribution in [0.2, 0.25) is 0 Å². The SMILES string of the molecule is O=C(NCC1CCC(Cl)=CC1Cl)c1ccc(N2CCS2(=O)=O)cc1. The molecule has 2 aliphatic rings. The van der Waals surface area contributed by atoms with Gasteiger partial charge in [0, 0.05) is 23.7 Å². The summed E-state index contributed by atoms with van der Waals surface area (Å²) >= 11 is 12.2. The van der Waals surface area contributed by atoms with Gasteiger partial charge >= 0.3 is 0 Å². The molecule has 1 fully saturated rings. The molecule has 2 atom stereocenters. The lowest BCUT2D eigenvalue weighted by molar-refractivity contribution is 0.0946. The fourth-order valence-electron chi connectivity index (χ4n) is 2.82. The van der Waals surface area contributed by atoms with Gasteiger partial charge in [-0.05, 0) is 43.0 Å². The number of hydrogen-bond acceptors (Lipinski definition) is 3. The molecule has 0 saturated carbocycles. The Balaban J connectivity index is 1.58. The Kier molecular flexibility index (Phi) is 5.08. The van der Waals surface area contributed by atoms with Crippen LogP contribution in [0.3, 0.4) is 0 Å². The number of sulfonamides is 1. The maximum Gasteiger partial charge on any atom is 0.251 e. The number of benzene rings is 1. The number of carbonyl (C=O) groups excluding carboxylic acids is 1. The minimum atomic E-state index is -3.14. The summed E-state index contributed by atoms with van der Waals surface area (Å²) in [5.74, 6) is 0.135. The summed E-state index contributed by atoms with van der Waals surface area (Å²) in [7, 11) is -3.14. The summed E-state index contributed by atoms with van der Waals surface area (Å²) in [4.78, 5) is 12.2. The number of alkyl halides is 1. The van der Waals surface area contributed by atoms with E-state index in [1.54, 1.807) is 24.3 Å². The Morgan fingerprint density at radius 2 is 2.00 bits per heavy atom. The normalized spacial score (nSPS) is 25.6. The first-order chi connectivity index (χ1) is 11.4. The standard InChI is InChI=1S/C16H18Cl2N2O3S/c17-13-4-1-12(15(18)9-13)10-19-16(21)11-2-5-14(6-3-11)20-7-8-24(20,22)23/h2-3,5-6,9,12,15H,1,4,7-8,10H2,(H,19,21). The third-order valence-electron chi connectivity index (χ3n) is 4.37. The van der Waals surface area contributed by atoms with Gasteiger partial charge in [0.2, 0.25) is 10.0 Å². The molecule has 3 rings (SSSR count). The number of carbonyl (C=O) groups is 1. The minimum Gasteiger partial charge on any atom is -0.352 e. The Morgan fingerprint density at radius 1 is 1.29 bits per heavy atom. The average Bonchev–Trinajstić information content (AvgIpc) is 2.53. The molecule has 24 heavy (non-hydrogen) atoms. The minimum absolute atomic E-state index is 0.156. The lowest BCUT2D eigenvalue weighted by Gasteiger charge is -2.32. The highest BCUT2D eigenvalue weighted by Crippen LogP contribution is 2.29. The number of halogens is 2. The van der Waals surface area contributed by atoms with Gasteiger partial charge in [-0.1, -0.05) is 17.7 Å². The molecule has 0 radical (unpaired) electrons. The van der Waals surface area contributed by atoms with Gasteiger partial charge in [-0.25, -0.2) is 8.42 Å². The molecule has 1 aliphatic carbocycles. The number of anilines is 1. The second-order valence-electron chi connectivity index (χ2n) is 6.00. The van der Waals surface area contributed by atoms with Crippen molar-refractivity contribution in [3.05, 3.63) is 40.9 Å². The van der Waals surface area contributed by atoms with Crippen LogP contribution in [0.4, 0.5) is 5.69 Å². The molecule has 0 bridgehead atoms. The second-order valence-corrected chi connectivity index (χ2v) is 9.00. The molecular weight excluding hydrogens is 371 g/mol. The summed E-state index contributed by atoms with van der Waals surface area (Å²) in [5, 5.41) is 3.48. The number of nitrogens with one attached hydrogen (secondary N) is 1. The fraction of sp³-hybridized carbons (Fsp3) is 0.438. The van der Waals surface area contributed by atoms with Crippen LogP contribution in [-0.4, -0.2) is 38.5 Å². The molecule has 1 N–H and O–H groups in total. The van der Waals surface area contributed by atoms with Gasteiger partial charge in [0.05, 0.1) is 16.8 Å². The lowest BCUT2D eigenvalue weighted by Crippen LogP contribution is -2.47. The molecule has 1 aromatic carbocycles. The number of amides is 1. The third kappa shape index (κ3) is 3.71. The molecular formula is C16H18Cl2N2O3S. The van der Waals surface area contributed by atoms with Crippen molar-refractivity contribution in [2.75, 3.05) is 23.1 Å². The van der Waals surface area contributed by atoms with Crippen molar-refractivity contribution < 1.29 is 13.2 Å². The summed E-state index contributed by atoms with van der Waals surface area (Å²) in [6.07, 6.45) is 3.45. The van der Waals surface area contributed by atoms with E-state index >= 15 is 0 Å². The van der Waals surface area contributed by atoms with Crippen molar-refractivity contribution in [3.8, 4) is 0 Å². The van der Waals surface area contributed by atoms with E-state index in [0.717, 1.165) is 17.9 Å². The van der Waals surface area contributed by atoms with Crippen LogP contribution >= 0.6 is 23.2 Å². The smallest absolute Gasteiger partial charge is 0.251 e. The van der Waals surface area contributed by atoms with Gasteiger partial charge in [0.25, 0.3) is 5.91 Å². The monoisotopic (exact) mass is 388 g/mol. The summed E-state index contributed by atoms with van der Waals surface area (Å²) in [6.45, 7) is 0.971. The van der Waals surface area contributed by atoms with Gasteiger partial charge in [0.1, 0.15) is 0 Å². The van der Waals surface area contributed by atoms with Gasteiger partial charge in [0.15, 0.2) is 0 Å². The Morgan fingerprint density at radius 3 is 2.54 bits per heavy atom. The third-order valence-corrected chi connectivity index (χ3v) is 6.94. The maximum absolute atomic E-state index is 12.2. The van der Waals surface area contributed by atoms with Crippen molar-refractivity contribution in [2.24, 2.45) is 5.92 Å². The van der Waals surface area contributed by atoms with E-state index in [4.69, 9.17) is 23.2 Å². The first kappa shape index (κ1) is 17.6. The van der Waals surface area contributed by atoms with Crippen LogP contribution in [0.15, 0.2) is 35.4 Å². The van der Waals surface area contributed by atoms with Crippen LogP contribution in [0.1, 0.15) is 23.2 Å². The molecule has 1 saturated heterocycles. The molecule has 130 valence electrons. The molecule has 1 amide bonds. The second kappa shape index (κ2) is 6.94. The highest BCUT2D eigenvalue weighted by Gasteiger charge is 2.32. The molecule has 1 heterocycles. The topological polar surface area (TPSA) is 66.5 Å². The summed E-state index contributed by atoms with van der Waals surface area (Å²) in [6, 6.07) is 6.57. The Hall–Kier alpha value is -1.24. The van der Waals surface area contributed by atoms with Crippen LogP contribution in [0.5, 0.6) is 0 Å². The largest absolute Gasteiger partial charge is 0.352 e. The van der Waals surface area contributed by atoms with E-state index in [1.165, 1.54) is 4.31 Å². The van der Waals surface area contributed by atoms with Crippen molar-refractivity contribution in [1.82, 2.24) is 5.32 Å². The zero-order valence-electron chi connectivity index (χ0n) is 12.9. The van der Waals surface area contributed by atoms with Crippen LogP contribution in [0.25, 0.3) is 0 Å². The van der Waals surface area contributed by atoms with E-state index < -0.39 is 10.0 Å². The van der Waals surface area contributed by atoms with E-state index in [0.29, 0.717) is 24.3 Å². The molecule has 1 aliphatic heterocycles. The fourth-order valence-corrected chi connectivity index (χ4v) is 4.60. The highest BCUT2D eigenvalue weighted by molar-refractivity contribution is 7.94. The van der Waals surface area contributed by atoms with Gasteiger partial charge in [-0.15, -0.1) is 11.6 Å². The lowest BCUT2D eigenvalue weighted by atomic mass is 9.93. The number of nitrogens with zero attached hydrogens (tertiary/aromatic N) is 1. The molecule has 1 aromatic rings. The van der Waals surface area contributed by atoms with Crippen molar-refractivity contribution >= 4 is 44.8 Å². The Labute approximate surface area is 151 Å².